The number of aryl methyl sites for hydroxylation is 2. The molecule has 0 aliphatic rings. The van der Waals surface area contributed by atoms with Crippen molar-refractivity contribution in [1.82, 2.24) is 9.78 Å². The van der Waals surface area contributed by atoms with Gasteiger partial charge in [-0.2, -0.15) is 9.50 Å². The van der Waals surface area contributed by atoms with Crippen molar-refractivity contribution in [1.29, 1.82) is 0 Å². The van der Waals surface area contributed by atoms with Gasteiger partial charge in [-0.25, -0.2) is 4.21 Å². The van der Waals surface area contributed by atoms with E-state index in [1.807, 2.05) is 45.5 Å². The van der Waals surface area contributed by atoms with Crippen LogP contribution in [0, 0.1) is 6.92 Å². The minimum Gasteiger partial charge on any atom is -0.272 e. The molecule has 1 unspecified atom stereocenters. The van der Waals surface area contributed by atoms with E-state index in [9.17, 15) is 4.21 Å². The van der Waals surface area contributed by atoms with Gasteiger partial charge in [0.05, 0.1) is 10.4 Å². The first-order valence-corrected chi connectivity index (χ1v) is 6.45. The molecule has 0 bridgehead atoms. The Kier molecular flexibility index (Phi) is 4.02. The summed E-state index contributed by atoms with van der Waals surface area (Å²) in [6.45, 7) is 10.5. The Labute approximate surface area is 99.4 Å². The van der Waals surface area contributed by atoms with E-state index in [1.54, 1.807) is 6.21 Å². The normalized spacial score (nSPS) is 14.6. The minimum absolute atomic E-state index is 0.314. The summed E-state index contributed by atoms with van der Waals surface area (Å²) in [7, 11) is -1.21. The van der Waals surface area contributed by atoms with Crippen LogP contribution in [0.5, 0.6) is 0 Å². The van der Waals surface area contributed by atoms with Crippen molar-refractivity contribution in [2.45, 2.75) is 45.9 Å². The third kappa shape index (κ3) is 3.27. The van der Waals surface area contributed by atoms with Gasteiger partial charge in [0.25, 0.3) is 0 Å². The van der Waals surface area contributed by atoms with Gasteiger partial charge in [0, 0.05) is 24.5 Å². The van der Waals surface area contributed by atoms with Crippen molar-refractivity contribution in [2.24, 2.45) is 4.40 Å². The Morgan fingerprint density at radius 2 is 2.19 bits per heavy atom. The molecule has 0 aliphatic heterocycles. The smallest absolute Gasteiger partial charge is 0.144 e. The average Bonchev–Trinajstić information content (AvgIpc) is 2.54. The molecule has 0 aromatic carbocycles. The predicted molar refractivity (Wildman–Crippen MR) is 68.1 cm³/mol. The van der Waals surface area contributed by atoms with Crippen LogP contribution in [-0.4, -0.2) is 25.0 Å². The minimum atomic E-state index is -1.21. The van der Waals surface area contributed by atoms with E-state index in [0.717, 1.165) is 17.8 Å². The molecule has 1 rings (SSSR count). The van der Waals surface area contributed by atoms with E-state index >= 15 is 0 Å². The van der Waals surface area contributed by atoms with Crippen LogP contribution in [0.1, 0.15) is 39.0 Å². The highest BCUT2D eigenvalue weighted by Crippen LogP contribution is 2.12. The fraction of sp³-hybridized carbons (Fsp3) is 0.636. The monoisotopic (exact) mass is 241 g/mol. The molecule has 0 saturated heterocycles. The van der Waals surface area contributed by atoms with E-state index in [2.05, 4.69) is 9.50 Å². The molecule has 1 aromatic rings. The fourth-order valence-electron chi connectivity index (χ4n) is 1.08. The van der Waals surface area contributed by atoms with Crippen LogP contribution in [0.15, 0.2) is 10.6 Å². The molecule has 0 spiro atoms. The van der Waals surface area contributed by atoms with Gasteiger partial charge in [-0.15, -0.1) is 0 Å². The molecule has 90 valence electrons. The maximum Gasteiger partial charge on any atom is 0.144 e. The molecule has 0 N–H and O–H groups in total. The molecular formula is C11H19N3OS. The van der Waals surface area contributed by atoms with E-state index in [1.165, 1.54) is 0 Å². The number of hydrogen-bond donors (Lipinski definition) is 0. The maximum atomic E-state index is 11.7. The Hall–Kier alpha value is -0.970. The molecule has 0 radical (unpaired) electrons. The molecule has 4 nitrogen and oxygen atoms in total. The van der Waals surface area contributed by atoms with Gasteiger partial charge in [0.1, 0.15) is 11.0 Å². The molecular weight excluding hydrogens is 222 g/mol. The number of nitrogens with zero attached hydrogens (tertiary/aromatic N) is 3. The molecule has 0 saturated carbocycles. The van der Waals surface area contributed by atoms with Crippen molar-refractivity contribution >= 4 is 17.2 Å². The Balaban J connectivity index is 2.84. The molecule has 5 heteroatoms. The van der Waals surface area contributed by atoms with Crippen molar-refractivity contribution in [2.75, 3.05) is 0 Å². The zero-order valence-corrected chi connectivity index (χ0v) is 11.3. The summed E-state index contributed by atoms with van der Waals surface area (Å²) in [5.74, 6) is 0. The Morgan fingerprint density at radius 1 is 1.56 bits per heavy atom. The molecule has 0 aliphatic carbocycles. The molecule has 0 fully saturated rings. The number of hydrogen-bond acceptors (Lipinski definition) is 2. The molecule has 1 atom stereocenters. The summed E-state index contributed by atoms with van der Waals surface area (Å²) in [6, 6.07) is 0. The maximum absolute atomic E-state index is 11.7. The molecule has 0 amide bonds. The number of aromatic nitrogens is 2. The van der Waals surface area contributed by atoms with Gasteiger partial charge in [0.15, 0.2) is 0 Å². The van der Waals surface area contributed by atoms with E-state index in [0.29, 0.717) is 0 Å². The number of rotatable bonds is 3. The lowest BCUT2D eigenvalue weighted by Crippen LogP contribution is -2.19. The average molecular weight is 241 g/mol. The van der Waals surface area contributed by atoms with Crippen LogP contribution in [0.2, 0.25) is 0 Å². The summed E-state index contributed by atoms with van der Waals surface area (Å²) < 4.78 is 17.3. The van der Waals surface area contributed by atoms with Crippen molar-refractivity contribution in [3.05, 3.63) is 17.5 Å². The lowest BCUT2D eigenvalue weighted by Gasteiger charge is -2.12. The second-order valence-electron chi connectivity index (χ2n) is 4.62. The fourth-order valence-corrected chi connectivity index (χ4v) is 1.61. The van der Waals surface area contributed by atoms with Crippen LogP contribution in [0.4, 0.5) is 0 Å². The SMILES string of the molecule is CCn1cc(/C=N/S(=O)C(C)(C)C)c(C)n1. The summed E-state index contributed by atoms with van der Waals surface area (Å²) in [5, 5.41) is 4.30. The standard InChI is InChI=1S/C11H19N3OS/c1-6-14-8-10(9(2)13-14)7-12-16(15)11(3,4)5/h7-8H,6H2,1-5H3/b12-7+. The van der Waals surface area contributed by atoms with Crippen LogP contribution in [0.3, 0.4) is 0 Å². The first-order chi connectivity index (χ1) is 7.34. The first kappa shape index (κ1) is 13.1. The van der Waals surface area contributed by atoms with Crippen LogP contribution >= 0.6 is 0 Å². The van der Waals surface area contributed by atoms with Gasteiger partial charge in [-0.05, 0) is 34.6 Å². The highest BCUT2D eigenvalue weighted by atomic mass is 32.2. The summed E-state index contributed by atoms with van der Waals surface area (Å²) in [4.78, 5) is 0. The summed E-state index contributed by atoms with van der Waals surface area (Å²) in [5.41, 5.74) is 1.84. The van der Waals surface area contributed by atoms with Crippen molar-refractivity contribution in [3.8, 4) is 0 Å². The Morgan fingerprint density at radius 3 is 2.62 bits per heavy atom. The van der Waals surface area contributed by atoms with Crippen LogP contribution in [-0.2, 0) is 17.5 Å². The van der Waals surface area contributed by atoms with Crippen LogP contribution in [0.25, 0.3) is 0 Å². The lowest BCUT2D eigenvalue weighted by atomic mass is 10.3. The molecule has 16 heavy (non-hydrogen) atoms. The van der Waals surface area contributed by atoms with Crippen molar-refractivity contribution < 1.29 is 4.21 Å². The van der Waals surface area contributed by atoms with E-state index < -0.39 is 11.0 Å². The molecule has 1 heterocycles. The van der Waals surface area contributed by atoms with Crippen molar-refractivity contribution in [3.63, 3.8) is 0 Å². The highest BCUT2D eigenvalue weighted by Gasteiger charge is 2.18. The van der Waals surface area contributed by atoms with E-state index in [4.69, 9.17) is 0 Å². The van der Waals surface area contributed by atoms with Gasteiger partial charge in [-0.1, -0.05) is 0 Å². The zero-order chi connectivity index (χ0) is 12.3. The van der Waals surface area contributed by atoms with E-state index in [-0.39, 0.29) is 4.75 Å². The third-order valence-electron chi connectivity index (χ3n) is 2.12. The lowest BCUT2D eigenvalue weighted by molar-refractivity contribution is 0.651. The zero-order valence-electron chi connectivity index (χ0n) is 10.5. The second kappa shape index (κ2) is 4.91. The van der Waals surface area contributed by atoms with Gasteiger partial charge in [-0.3, -0.25) is 4.68 Å². The third-order valence-corrected chi connectivity index (χ3v) is 3.46. The van der Waals surface area contributed by atoms with Gasteiger partial charge >= 0.3 is 0 Å². The first-order valence-electron chi connectivity index (χ1n) is 5.34. The summed E-state index contributed by atoms with van der Waals surface area (Å²) in [6.07, 6.45) is 3.56. The topological polar surface area (TPSA) is 47.2 Å². The highest BCUT2D eigenvalue weighted by molar-refractivity contribution is 7.85. The predicted octanol–water partition coefficient (Wildman–Crippen LogP) is 2.09. The second-order valence-corrected chi connectivity index (χ2v) is 6.56. The van der Waals surface area contributed by atoms with Crippen LogP contribution < -0.4 is 0 Å². The largest absolute Gasteiger partial charge is 0.272 e. The Bertz CT molecular complexity index is 415. The molecule has 1 aromatic heterocycles. The summed E-state index contributed by atoms with van der Waals surface area (Å²) >= 11 is 0. The quantitative estimate of drug-likeness (QED) is 0.761. The van der Waals surface area contributed by atoms with Gasteiger partial charge < -0.3 is 0 Å². The van der Waals surface area contributed by atoms with Gasteiger partial charge in [0.2, 0.25) is 0 Å².